The maximum Gasteiger partial charge on any atom is 0.234 e. The summed E-state index contributed by atoms with van der Waals surface area (Å²) in [6.07, 6.45) is 8.55. The lowest BCUT2D eigenvalue weighted by Crippen LogP contribution is -2.37. The van der Waals surface area contributed by atoms with E-state index in [2.05, 4.69) is 21.5 Å². The Bertz CT molecular complexity index is 977. The highest BCUT2D eigenvalue weighted by Crippen LogP contribution is 2.29. The Morgan fingerprint density at radius 2 is 2.00 bits per heavy atom. The predicted octanol–water partition coefficient (Wildman–Crippen LogP) is 4.58. The minimum absolute atomic E-state index is 0.0277. The molecule has 1 fully saturated rings. The van der Waals surface area contributed by atoms with E-state index in [1.54, 1.807) is 6.08 Å². The summed E-state index contributed by atoms with van der Waals surface area (Å²) in [7, 11) is -3.49. The van der Waals surface area contributed by atoms with Gasteiger partial charge in [0.1, 0.15) is 0 Å². The topological polar surface area (TPSA) is 64.0 Å². The number of sulfonamides is 1. The van der Waals surface area contributed by atoms with Gasteiger partial charge >= 0.3 is 0 Å². The van der Waals surface area contributed by atoms with Gasteiger partial charge in [-0.3, -0.25) is 4.68 Å². The quantitative estimate of drug-likeness (QED) is 0.678. The molecule has 1 aromatic carbocycles. The lowest BCUT2D eigenvalue weighted by Gasteiger charge is -2.27. The molecule has 1 N–H and O–H groups in total. The van der Waals surface area contributed by atoms with Gasteiger partial charge in [0, 0.05) is 28.5 Å². The molecule has 2 aliphatic rings. The van der Waals surface area contributed by atoms with E-state index in [1.807, 2.05) is 36.9 Å². The molecule has 4 rings (SSSR count). The molecule has 5 nitrogen and oxygen atoms in total. The van der Waals surface area contributed by atoms with Crippen LogP contribution in [0.4, 0.5) is 0 Å². The molecule has 162 valence electrons. The molecule has 0 radical (unpaired) electrons. The van der Waals surface area contributed by atoms with Crippen LogP contribution in [0.25, 0.3) is 6.08 Å². The third-order valence-electron chi connectivity index (χ3n) is 6.21. The van der Waals surface area contributed by atoms with Crippen molar-refractivity contribution in [1.82, 2.24) is 14.5 Å². The molecule has 1 aliphatic carbocycles. The minimum atomic E-state index is -3.49. The van der Waals surface area contributed by atoms with Gasteiger partial charge in [-0.25, -0.2) is 13.1 Å². The smallest absolute Gasteiger partial charge is 0.234 e. The molecule has 1 aliphatic heterocycles. The van der Waals surface area contributed by atoms with Crippen LogP contribution in [0.5, 0.6) is 0 Å². The first-order valence-electron chi connectivity index (χ1n) is 10.9. The highest BCUT2D eigenvalue weighted by molar-refractivity contribution is 7.98. The van der Waals surface area contributed by atoms with Crippen molar-refractivity contribution in [1.29, 1.82) is 0 Å². The van der Waals surface area contributed by atoms with Gasteiger partial charge in [-0.15, -0.1) is 0 Å². The van der Waals surface area contributed by atoms with Crippen molar-refractivity contribution >= 4 is 27.9 Å². The van der Waals surface area contributed by atoms with Crippen LogP contribution in [0.1, 0.15) is 61.5 Å². The number of nitrogens with one attached hydrogen (secondary N) is 1. The largest absolute Gasteiger partial charge is 0.264 e. The van der Waals surface area contributed by atoms with E-state index in [-0.39, 0.29) is 6.04 Å². The van der Waals surface area contributed by atoms with Gasteiger partial charge in [0.2, 0.25) is 10.0 Å². The number of nitrogens with zero attached hydrogens (tertiary/aromatic N) is 2. The van der Waals surface area contributed by atoms with Gasteiger partial charge in [-0.2, -0.15) is 16.9 Å². The summed E-state index contributed by atoms with van der Waals surface area (Å²) in [5, 5.41) is 6.09. The van der Waals surface area contributed by atoms with E-state index in [9.17, 15) is 8.42 Å². The number of rotatable bonds is 7. The molecule has 2 heterocycles. The Balaban J connectivity index is 1.51. The van der Waals surface area contributed by atoms with E-state index in [0.29, 0.717) is 12.5 Å². The van der Waals surface area contributed by atoms with Crippen molar-refractivity contribution in [2.75, 3.05) is 5.75 Å². The monoisotopic (exact) mass is 445 g/mol. The number of fused-ring (bicyclic) bond motifs is 1. The van der Waals surface area contributed by atoms with Crippen molar-refractivity contribution in [3.63, 3.8) is 0 Å². The fourth-order valence-corrected chi connectivity index (χ4v) is 6.64. The van der Waals surface area contributed by atoms with Crippen molar-refractivity contribution < 1.29 is 8.42 Å². The van der Waals surface area contributed by atoms with Crippen LogP contribution in [0.2, 0.25) is 0 Å². The van der Waals surface area contributed by atoms with E-state index in [0.717, 1.165) is 36.5 Å². The lowest BCUT2D eigenvalue weighted by atomic mass is 9.85. The molecule has 0 spiro atoms. The second kappa shape index (κ2) is 9.71. The van der Waals surface area contributed by atoms with E-state index in [1.165, 1.54) is 41.5 Å². The van der Waals surface area contributed by atoms with Crippen LogP contribution in [0.15, 0.2) is 35.7 Å². The molecule has 2 aromatic rings. The molecule has 0 unspecified atom stereocenters. The normalized spacial score (nSPS) is 19.1. The van der Waals surface area contributed by atoms with Gasteiger partial charge in [0.15, 0.2) is 0 Å². The summed E-state index contributed by atoms with van der Waals surface area (Å²) in [5.41, 5.74) is 4.39. The standard InChI is InChI=1S/C23H31N3O2S2/c1-18(20-10-6-3-7-11-20)25-30(27,28)15-13-22-21-17-29-14-12-23(21)26(24-22)16-19-8-4-2-5-9-19/h2,4-5,8-9,13,15,18,20,25H,3,6-7,10-12,14,16-17H2,1H3/t18-/m0/s1. The van der Waals surface area contributed by atoms with Crippen LogP contribution < -0.4 is 4.72 Å². The average molecular weight is 446 g/mol. The molecule has 1 aromatic heterocycles. The third kappa shape index (κ3) is 5.37. The Morgan fingerprint density at radius 1 is 1.23 bits per heavy atom. The third-order valence-corrected chi connectivity index (χ3v) is 8.39. The summed E-state index contributed by atoms with van der Waals surface area (Å²) in [4.78, 5) is 0. The first kappa shape index (κ1) is 21.7. The van der Waals surface area contributed by atoms with Crippen LogP contribution in [-0.4, -0.2) is 30.0 Å². The fraction of sp³-hybridized carbons (Fsp3) is 0.522. The number of thioether (sulfide) groups is 1. The van der Waals surface area contributed by atoms with Crippen molar-refractivity contribution in [3.05, 3.63) is 58.3 Å². The molecule has 0 amide bonds. The molecular weight excluding hydrogens is 414 g/mol. The van der Waals surface area contributed by atoms with E-state index < -0.39 is 10.0 Å². The van der Waals surface area contributed by atoms with Crippen molar-refractivity contribution in [2.24, 2.45) is 5.92 Å². The summed E-state index contributed by atoms with van der Waals surface area (Å²) in [5.74, 6) is 2.40. The minimum Gasteiger partial charge on any atom is -0.264 e. The zero-order valence-electron chi connectivity index (χ0n) is 17.6. The van der Waals surface area contributed by atoms with Crippen molar-refractivity contribution in [3.8, 4) is 0 Å². The summed E-state index contributed by atoms with van der Waals surface area (Å²) < 4.78 is 30.3. The summed E-state index contributed by atoms with van der Waals surface area (Å²) >= 11 is 1.88. The van der Waals surface area contributed by atoms with Gasteiger partial charge in [0.05, 0.1) is 12.2 Å². The predicted molar refractivity (Wildman–Crippen MR) is 125 cm³/mol. The molecule has 7 heteroatoms. The van der Waals surface area contributed by atoms with Gasteiger partial charge in [-0.05, 0) is 49.5 Å². The molecular formula is C23H31N3O2S2. The molecule has 30 heavy (non-hydrogen) atoms. The van der Waals surface area contributed by atoms with Gasteiger partial charge < -0.3 is 0 Å². The Morgan fingerprint density at radius 3 is 2.77 bits per heavy atom. The summed E-state index contributed by atoms with van der Waals surface area (Å²) in [6, 6.07) is 10.3. The SMILES string of the molecule is C[C@H](NS(=O)(=O)C=Cc1nn(Cc2ccccc2)c2c1CSCC2)C1CCCCC1. The number of benzene rings is 1. The first-order valence-corrected chi connectivity index (χ1v) is 13.6. The lowest BCUT2D eigenvalue weighted by molar-refractivity contribution is 0.303. The van der Waals surface area contributed by atoms with Crippen LogP contribution in [0, 0.1) is 5.92 Å². The molecule has 1 saturated carbocycles. The summed E-state index contributed by atoms with van der Waals surface area (Å²) in [6.45, 7) is 2.71. The maximum absolute atomic E-state index is 12.7. The number of aromatic nitrogens is 2. The number of hydrogen-bond donors (Lipinski definition) is 1. The Kier molecular flexibility index (Phi) is 7.01. The van der Waals surface area contributed by atoms with Gasteiger partial charge in [0.25, 0.3) is 0 Å². The Labute approximate surface area is 184 Å². The highest BCUT2D eigenvalue weighted by Gasteiger charge is 2.24. The number of hydrogen-bond acceptors (Lipinski definition) is 4. The zero-order valence-corrected chi connectivity index (χ0v) is 19.2. The average Bonchev–Trinajstić information content (AvgIpc) is 3.11. The molecule has 0 saturated heterocycles. The van der Waals surface area contributed by atoms with Crippen LogP contribution in [0.3, 0.4) is 0 Å². The van der Waals surface area contributed by atoms with Crippen LogP contribution in [-0.2, 0) is 28.7 Å². The molecule has 0 bridgehead atoms. The molecule has 1 atom stereocenters. The fourth-order valence-electron chi connectivity index (χ4n) is 4.54. The highest BCUT2D eigenvalue weighted by atomic mass is 32.2. The zero-order chi connectivity index (χ0) is 21.0. The van der Waals surface area contributed by atoms with Gasteiger partial charge in [-0.1, -0.05) is 49.6 Å². The maximum atomic E-state index is 12.7. The second-order valence-corrected chi connectivity index (χ2v) is 11.1. The Hall–Kier alpha value is -1.57. The second-order valence-electron chi connectivity index (χ2n) is 8.41. The van der Waals surface area contributed by atoms with Crippen LogP contribution >= 0.6 is 11.8 Å². The van der Waals surface area contributed by atoms with Crippen molar-refractivity contribution in [2.45, 2.75) is 63.8 Å². The van der Waals surface area contributed by atoms with E-state index >= 15 is 0 Å². The first-order chi connectivity index (χ1) is 14.5. The van der Waals surface area contributed by atoms with E-state index in [4.69, 9.17) is 5.10 Å².